The lowest BCUT2D eigenvalue weighted by molar-refractivity contribution is 0.318. The molecular formula is C13H19NO3. The van der Waals surface area contributed by atoms with E-state index in [1.165, 1.54) is 0 Å². The zero-order chi connectivity index (χ0) is 13.4. The van der Waals surface area contributed by atoms with E-state index in [9.17, 15) is 10.2 Å². The summed E-state index contributed by atoms with van der Waals surface area (Å²) in [5.74, 6) is 0.0373. The van der Waals surface area contributed by atoms with Gasteiger partial charge in [0.15, 0.2) is 0 Å². The summed E-state index contributed by atoms with van der Waals surface area (Å²) in [4.78, 5) is 0. The molecule has 94 valence electrons. The number of hydrogen-bond donors (Lipinski definition) is 3. The van der Waals surface area contributed by atoms with Gasteiger partial charge in [-0.05, 0) is 25.3 Å². The summed E-state index contributed by atoms with van der Waals surface area (Å²) in [7, 11) is 0. The average Bonchev–Trinajstić information content (AvgIpc) is 2.23. The van der Waals surface area contributed by atoms with Gasteiger partial charge < -0.3 is 15.4 Å². The van der Waals surface area contributed by atoms with Crippen molar-refractivity contribution < 1.29 is 15.4 Å². The van der Waals surface area contributed by atoms with Crippen molar-refractivity contribution in [2.75, 3.05) is 0 Å². The minimum atomic E-state index is -0.257. The van der Waals surface area contributed by atoms with Crippen molar-refractivity contribution in [2.45, 2.75) is 40.0 Å². The highest BCUT2D eigenvalue weighted by Crippen LogP contribution is 2.39. The van der Waals surface area contributed by atoms with Gasteiger partial charge in [-0.3, -0.25) is 0 Å². The summed E-state index contributed by atoms with van der Waals surface area (Å²) in [5, 5.41) is 31.8. The maximum atomic E-state index is 10.0. The van der Waals surface area contributed by atoms with Crippen LogP contribution in [0.3, 0.4) is 0 Å². The van der Waals surface area contributed by atoms with Crippen molar-refractivity contribution in [1.29, 1.82) is 0 Å². The number of hydrogen-bond acceptors (Lipinski definition) is 4. The molecular weight excluding hydrogens is 218 g/mol. The van der Waals surface area contributed by atoms with Crippen molar-refractivity contribution in [3.05, 3.63) is 22.8 Å². The third-order valence-electron chi connectivity index (χ3n) is 2.86. The normalized spacial score (nSPS) is 12.9. The second kappa shape index (κ2) is 4.28. The Balaban J connectivity index is 3.62. The van der Waals surface area contributed by atoms with E-state index < -0.39 is 0 Å². The van der Waals surface area contributed by atoms with Gasteiger partial charge in [0, 0.05) is 16.7 Å². The Hall–Kier alpha value is -1.71. The smallest absolute Gasteiger partial charge is 0.131 e. The van der Waals surface area contributed by atoms with Crippen LogP contribution in [0.1, 0.15) is 44.4 Å². The van der Waals surface area contributed by atoms with Gasteiger partial charge >= 0.3 is 0 Å². The van der Waals surface area contributed by atoms with E-state index in [1.54, 1.807) is 19.9 Å². The van der Waals surface area contributed by atoms with Crippen molar-refractivity contribution in [1.82, 2.24) is 0 Å². The van der Waals surface area contributed by atoms with Crippen LogP contribution in [-0.2, 0) is 5.41 Å². The van der Waals surface area contributed by atoms with Crippen LogP contribution in [0.25, 0.3) is 0 Å². The lowest BCUT2D eigenvalue weighted by Gasteiger charge is -2.23. The van der Waals surface area contributed by atoms with Gasteiger partial charge in [0.25, 0.3) is 0 Å². The molecule has 0 unspecified atom stereocenters. The van der Waals surface area contributed by atoms with E-state index in [-0.39, 0.29) is 16.9 Å². The van der Waals surface area contributed by atoms with Gasteiger partial charge in [-0.1, -0.05) is 25.9 Å². The lowest BCUT2D eigenvalue weighted by Crippen LogP contribution is -2.13. The molecule has 1 aromatic carbocycles. The minimum Gasteiger partial charge on any atom is -0.507 e. The zero-order valence-corrected chi connectivity index (χ0v) is 10.9. The van der Waals surface area contributed by atoms with Crippen LogP contribution in [0.15, 0.2) is 11.2 Å². The van der Waals surface area contributed by atoms with Gasteiger partial charge in [0.1, 0.15) is 11.5 Å². The molecule has 17 heavy (non-hydrogen) atoms. The molecule has 0 spiro atoms. The molecule has 0 amide bonds. The van der Waals surface area contributed by atoms with E-state index in [0.29, 0.717) is 22.4 Å². The van der Waals surface area contributed by atoms with Gasteiger partial charge in [0.2, 0.25) is 0 Å². The summed E-state index contributed by atoms with van der Waals surface area (Å²) < 4.78 is 0. The maximum Gasteiger partial charge on any atom is 0.131 e. The van der Waals surface area contributed by atoms with E-state index in [2.05, 4.69) is 5.16 Å². The quantitative estimate of drug-likeness (QED) is 0.399. The SMILES string of the molecule is C/C(=N\O)c1cc(C(C)(C)C)c(O)c(C)c1O. The topological polar surface area (TPSA) is 73.1 Å². The summed E-state index contributed by atoms with van der Waals surface area (Å²) in [6.45, 7) is 9.13. The molecule has 0 fully saturated rings. The Bertz CT molecular complexity index is 471. The maximum absolute atomic E-state index is 10.0. The fourth-order valence-electron chi connectivity index (χ4n) is 1.70. The van der Waals surface area contributed by atoms with Gasteiger partial charge in [-0.15, -0.1) is 0 Å². The second-order valence-corrected chi connectivity index (χ2v) is 5.23. The number of oxime groups is 1. The van der Waals surface area contributed by atoms with Crippen LogP contribution < -0.4 is 0 Å². The molecule has 1 rings (SSSR count). The average molecular weight is 237 g/mol. The molecule has 4 nitrogen and oxygen atoms in total. The first-order chi connectivity index (χ1) is 7.70. The molecule has 0 aromatic heterocycles. The Kier molecular flexibility index (Phi) is 3.36. The van der Waals surface area contributed by atoms with Crippen molar-refractivity contribution in [2.24, 2.45) is 5.16 Å². The number of rotatable bonds is 1. The highest BCUT2D eigenvalue weighted by Gasteiger charge is 2.23. The lowest BCUT2D eigenvalue weighted by atomic mass is 9.83. The number of phenolic OH excluding ortho intramolecular Hbond substituents is 2. The van der Waals surface area contributed by atoms with Crippen LogP contribution in [0.4, 0.5) is 0 Å². The fraction of sp³-hybridized carbons (Fsp3) is 0.462. The molecule has 0 aliphatic carbocycles. The Morgan fingerprint density at radius 1 is 1.18 bits per heavy atom. The van der Waals surface area contributed by atoms with Gasteiger partial charge in [-0.2, -0.15) is 0 Å². The van der Waals surface area contributed by atoms with Crippen molar-refractivity contribution in [3.8, 4) is 11.5 Å². The van der Waals surface area contributed by atoms with Crippen LogP contribution in [0.2, 0.25) is 0 Å². The third-order valence-corrected chi connectivity index (χ3v) is 2.86. The fourth-order valence-corrected chi connectivity index (χ4v) is 1.70. The Morgan fingerprint density at radius 2 is 1.71 bits per heavy atom. The standard InChI is InChI=1S/C13H19NO3/c1-7-11(15)9(8(2)14-17)6-10(12(7)16)13(3,4)5/h6,15-17H,1-5H3/b14-8+. The first kappa shape index (κ1) is 13.4. The summed E-state index contributed by atoms with van der Waals surface area (Å²) in [5.41, 5.74) is 1.61. The van der Waals surface area contributed by atoms with Crippen molar-refractivity contribution in [3.63, 3.8) is 0 Å². The molecule has 0 atom stereocenters. The van der Waals surface area contributed by atoms with Crippen LogP contribution >= 0.6 is 0 Å². The minimum absolute atomic E-state index is 0.0502. The molecule has 0 heterocycles. The predicted molar refractivity (Wildman–Crippen MR) is 67.2 cm³/mol. The second-order valence-electron chi connectivity index (χ2n) is 5.23. The zero-order valence-electron chi connectivity index (χ0n) is 10.9. The highest BCUT2D eigenvalue weighted by molar-refractivity contribution is 6.01. The van der Waals surface area contributed by atoms with E-state index in [1.807, 2.05) is 20.8 Å². The molecule has 0 saturated heterocycles. The number of phenols is 2. The van der Waals surface area contributed by atoms with E-state index in [0.717, 1.165) is 0 Å². The molecule has 0 aliphatic rings. The summed E-state index contributed by atoms with van der Waals surface area (Å²) in [6, 6.07) is 1.66. The third kappa shape index (κ3) is 2.35. The first-order valence-electron chi connectivity index (χ1n) is 5.45. The molecule has 1 aromatic rings. The summed E-state index contributed by atoms with van der Waals surface area (Å²) in [6.07, 6.45) is 0. The van der Waals surface area contributed by atoms with E-state index in [4.69, 9.17) is 5.21 Å². The molecule has 0 bridgehead atoms. The number of benzene rings is 1. The van der Waals surface area contributed by atoms with Crippen LogP contribution in [0, 0.1) is 6.92 Å². The molecule has 3 N–H and O–H groups in total. The van der Waals surface area contributed by atoms with Gasteiger partial charge in [-0.25, -0.2) is 0 Å². The number of aromatic hydroxyl groups is 2. The highest BCUT2D eigenvalue weighted by atomic mass is 16.4. The Morgan fingerprint density at radius 3 is 2.12 bits per heavy atom. The number of nitrogens with zero attached hydrogens (tertiary/aromatic N) is 1. The van der Waals surface area contributed by atoms with Crippen LogP contribution in [0.5, 0.6) is 11.5 Å². The summed E-state index contributed by atoms with van der Waals surface area (Å²) >= 11 is 0. The molecule has 0 radical (unpaired) electrons. The largest absolute Gasteiger partial charge is 0.507 e. The molecule has 0 saturated carbocycles. The monoisotopic (exact) mass is 237 g/mol. The molecule has 0 aliphatic heterocycles. The van der Waals surface area contributed by atoms with Crippen molar-refractivity contribution >= 4 is 5.71 Å². The Labute approximate surface area is 101 Å². The van der Waals surface area contributed by atoms with Crippen LogP contribution in [-0.4, -0.2) is 21.1 Å². The van der Waals surface area contributed by atoms with Gasteiger partial charge in [0.05, 0.1) is 5.71 Å². The first-order valence-corrected chi connectivity index (χ1v) is 5.45. The predicted octanol–water partition coefficient (Wildman–Crippen LogP) is 2.90. The molecule has 4 heteroatoms. The van der Waals surface area contributed by atoms with E-state index >= 15 is 0 Å².